The van der Waals surface area contributed by atoms with E-state index >= 15 is 0 Å². The van der Waals surface area contributed by atoms with Gasteiger partial charge in [0.05, 0.1) is 4.92 Å². The predicted molar refractivity (Wildman–Crippen MR) is 39.9 cm³/mol. The summed E-state index contributed by atoms with van der Waals surface area (Å²) in [7, 11) is 0. The third-order valence-electron chi connectivity index (χ3n) is 1.61. The van der Waals surface area contributed by atoms with Crippen LogP contribution in [-0.2, 0) is 6.54 Å². The van der Waals surface area contributed by atoms with Crippen LogP contribution in [-0.4, -0.2) is 26.8 Å². The maximum atomic E-state index is 12.5. The average molecular weight is 245 g/mol. The zero-order valence-corrected chi connectivity index (χ0v) is 7.41. The Balaban J connectivity index is 2.85. The summed E-state index contributed by atoms with van der Waals surface area (Å²) in [6.45, 7) is -1.79. The molecule has 90 valence electrons. The Labute approximate surface area is 84.6 Å². The Morgan fingerprint density at radius 3 is 2.31 bits per heavy atom. The summed E-state index contributed by atoms with van der Waals surface area (Å²) < 4.78 is 60.4. The molecule has 5 nitrogen and oxygen atoms in total. The molecule has 1 aromatic heterocycles. The van der Waals surface area contributed by atoms with E-state index in [1.54, 1.807) is 0 Å². The molecule has 0 unspecified atom stereocenters. The van der Waals surface area contributed by atoms with Crippen molar-refractivity contribution in [2.45, 2.75) is 18.6 Å². The molecular formula is C6H4F5N3O2. The summed E-state index contributed by atoms with van der Waals surface area (Å²) in [5.41, 5.74) is -0.655. The Kier molecular flexibility index (Phi) is 2.84. The molecule has 0 radical (unpaired) electrons. The van der Waals surface area contributed by atoms with Crippen LogP contribution in [0.5, 0.6) is 0 Å². The molecule has 0 spiro atoms. The van der Waals surface area contributed by atoms with Gasteiger partial charge in [0.2, 0.25) is 0 Å². The minimum atomic E-state index is -5.71. The second kappa shape index (κ2) is 3.68. The standard InChI is InChI=1S/C6H4F5N3O2/c7-5(8,6(9,10)11)3-13-2-4(1-12-13)14(15)16/h1-2H,3H2. The molecule has 0 bridgehead atoms. The van der Waals surface area contributed by atoms with Crippen LogP contribution < -0.4 is 0 Å². The van der Waals surface area contributed by atoms with Crippen molar-refractivity contribution in [1.82, 2.24) is 9.78 Å². The molecule has 0 saturated carbocycles. The smallest absolute Gasteiger partial charge is 0.259 e. The van der Waals surface area contributed by atoms with Crippen molar-refractivity contribution in [3.8, 4) is 0 Å². The van der Waals surface area contributed by atoms with Crippen LogP contribution in [0.15, 0.2) is 12.4 Å². The first-order valence-corrected chi connectivity index (χ1v) is 3.75. The largest absolute Gasteiger partial charge is 0.455 e. The molecule has 0 atom stereocenters. The van der Waals surface area contributed by atoms with Crippen molar-refractivity contribution >= 4 is 5.69 Å². The third kappa shape index (κ3) is 2.44. The van der Waals surface area contributed by atoms with Gasteiger partial charge in [-0.15, -0.1) is 0 Å². The molecule has 0 aromatic carbocycles. The fraction of sp³-hybridized carbons (Fsp3) is 0.500. The van der Waals surface area contributed by atoms with E-state index in [-0.39, 0.29) is 4.68 Å². The van der Waals surface area contributed by atoms with Crippen LogP contribution in [0, 0.1) is 10.1 Å². The molecule has 0 fully saturated rings. The molecule has 0 N–H and O–H groups in total. The maximum Gasteiger partial charge on any atom is 0.455 e. The number of rotatable bonds is 3. The fourth-order valence-corrected chi connectivity index (χ4v) is 0.827. The van der Waals surface area contributed by atoms with E-state index < -0.39 is 29.3 Å². The normalized spacial score (nSPS) is 12.8. The second-order valence-corrected chi connectivity index (χ2v) is 2.86. The van der Waals surface area contributed by atoms with E-state index in [2.05, 4.69) is 5.10 Å². The quantitative estimate of drug-likeness (QED) is 0.464. The van der Waals surface area contributed by atoms with E-state index in [9.17, 15) is 32.1 Å². The van der Waals surface area contributed by atoms with Crippen molar-refractivity contribution in [3.63, 3.8) is 0 Å². The number of aromatic nitrogens is 2. The van der Waals surface area contributed by atoms with Gasteiger partial charge in [0, 0.05) is 0 Å². The van der Waals surface area contributed by atoms with Gasteiger partial charge in [0.25, 0.3) is 0 Å². The topological polar surface area (TPSA) is 61.0 Å². The molecule has 0 amide bonds. The lowest BCUT2D eigenvalue weighted by Gasteiger charge is -2.18. The highest BCUT2D eigenvalue weighted by Gasteiger charge is 2.57. The van der Waals surface area contributed by atoms with Crippen molar-refractivity contribution in [3.05, 3.63) is 22.5 Å². The summed E-state index contributed by atoms with van der Waals surface area (Å²) in [4.78, 5) is 9.17. The summed E-state index contributed by atoms with van der Waals surface area (Å²) in [5.74, 6) is -4.98. The molecule has 1 aromatic rings. The highest BCUT2D eigenvalue weighted by Crippen LogP contribution is 2.36. The molecule has 0 aliphatic carbocycles. The Hall–Kier alpha value is -1.74. The highest BCUT2D eigenvalue weighted by molar-refractivity contribution is 5.20. The van der Waals surface area contributed by atoms with Gasteiger partial charge in [0.15, 0.2) is 0 Å². The average Bonchev–Trinajstić information content (AvgIpc) is 2.49. The Morgan fingerprint density at radius 1 is 1.38 bits per heavy atom. The summed E-state index contributed by atoms with van der Waals surface area (Å²) in [6.07, 6.45) is -4.63. The number of hydrogen-bond donors (Lipinski definition) is 0. The second-order valence-electron chi connectivity index (χ2n) is 2.86. The summed E-state index contributed by atoms with van der Waals surface area (Å²) >= 11 is 0. The lowest BCUT2D eigenvalue weighted by Crippen LogP contribution is -2.40. The Morgan fingerprint density at radius 2 is 1.94 bits per heavy atom. The van der Waals surface area contributed by atoms with E-state index in [1.807, 2.05) is 0 Å². The first-order chi connectivity index (χ1) is 7.13. The number of alkyl halides is 5. The lowest BCUT2D eigenvalue weighted by molar-refractivity contribution is -0.385. The maximum absolute atomic E-state index is 12.5. The minimum Gasteiger partial charge on any atom is -0.259 e. The van der Waals surface area contributed by atoms with E-state index in [0.717, 1.165) is 0 Å². The fourth-order valence-electron chi connectivity index (χ4n) is 0.827. The molecule has 0 aliphatic rings. The van der Waals surface area contributed by atoms with Gasteiger partial charge in [-0.1, -0.05) is 0 Å². The van der Waals surface area contributed by atoms with Crippen molar-refractivity contribution in [1.29, 1.82) is 0 Å². The van der Waals surface area contributed by atoms with Crippen molar-refractivity contribution in [2.75, 3.05) is 0 Å². The zero-order valence-electron chi connectivity index (χ0n) is 7.41. The monoisotopic (exact) mass is 245 g/mol. The zero-order chi connectivity index (χ0) is 12.6. The van der Waals surface area contributed by atoms with Gasteiger partial charge in [-0.25, -0.2) is 0 Å². The number of halogens is 5. The van der Waals surface area contributed by atoms with Gasteiger partial charge >= 0.3 is 17.8 Å². The molecular weight excluding hydrogens is 241 g/mol. The van der Waals surface area contributed by atoms with Gasteiger partial charge in [-0.2, -0.15) is 27.1 Å². The van der Waals surface area contributed by atoms with Crippen LogP contribution in [0.3, 0.4) is 0 Å². The number of nitro groups is 1. The van der Waals surface area contributed by atoms with Gasteiger partial charge in [-0.05, 0) is 0 Å². The lowest BCUT2D eigenvalue weighted by atomic mass is 10.3. The predicted octanol–water partition coefficient (Wildman–Crippen LogP) is 1.99. The molecule has 1 rings (SSSR count). The first kappa shape index (κ1) is 12.3. The van der Waals surface area contributed by atoms with E-state index in [4.69, 9.17) is 0 Å². The first-order valence-electron chi connectivity index (χ1n) is 3.75. The molecule has 10 heteroatoms. The molecule has 16 heavy (non-hydrogen) atoms. The highest BCUT2D eigenvalue weighted by atomic mass is 19.4. The molecule has 1 heterocycles. The van der Waals surface area contributed by atoms with Crippen molar-refractivity contribution in [2.24, 2.45) is 0 Å². The number of hydrogen-bond acceptors (Lipinski definition) is 3. The van der Waals surface area contributed by atoms with Crippen LogP contribution in [0.4, 0.5) is 27.6 Å². The summed E-state index contributed by atoms with van der Waals surface area (Å²) in [6, 6.07) is 0. The Bertz CT molecular complexity index is 399. The number of nitrogens with zero attached hydrogens (tertiary/aromatic N) is 3. The van der Waals surface area contributed by atoms with E-state index in [0.29, 0.717) is 12.4 Å². The van der Waals surface area contributed by atoms with Crippen LogP contribution >= 0.6 is 0 Å². The SMILES string of the molecule is O=[N+]([O-])c1cnn(CC(F)(F)C(F)(F)F)c1. The van der Waals surface area contributed by atoms with Crippen molar-refractivity contribution < 1.29 is 26.9 Å². The van der Waals surface area contributed by atoms with Gasteiger partial charge in [-0.3, -0.25) is 14.8 Å². The van der Waals surface area contributed by atoms with Crippen LogP contribution in [0.1, 0.15) is 0 Å². The van der Waals surface area contributed by atoms with Crippen LogP contribution in [0.25, 0.3) is 0 Å². The summed E-state index contributed by atoms with van der Waals surface area (Å²) in [5, 5.41) is 13.2. The van der Waals surface area contributed by atoms with Gasteiger partial charge < -0.3 is 0 Å². The van der Waals surface area contributed by atoms with Crippen LogP contribution in [0.2, 0.25) is 0 Å². The third-order valence-corrected chi connectivity index (χ3v) is 1.61. The molecule has 0 aliphatic heterocycles. The minimum absolute atomic E-state index is 0.172. The van der Waals surface area contributed by atoms with Gasteiger partial charge in [0.1, 0.15) is 18.9 Å². The van der Waals surface area contributed by atoms with E-state index in [1.165, 1.54) is 0 Å². The molecule has 0 saturated heterocycles.